The van der Waals surface area contributed by atoms with Crippen LogP contribution in [-0.4, -0.2) is 27.8 Å². The van der Waals surface area contributed by atoms with Crippen molar-refractivity contribution in [1.29, 1.82) is 0 Å². The Morgan fingerprint density at radius 1 is 0.818 bits per heavy atom. The molecule has 6 rings (SSSR count). The number of nitro benzene ring substituents is 3. The van der Waals surface area contributed by atoms with Crippen LogP contribution in [0.15, 0.2) is 54.6 Å². The molecule has 0 unspecified atom stereocenters. The minimum Gasteiger partial charge on any atom is -0.468 e. The van der Waals surface area contributed by atoms with E-state index in [4.69, 9.17) is 4.74 Å². The molecule has 3 aromatic carbocycles. The van der Waals surface area contributed by atoms with Gasteiger partial charge in [0.1, 0.15) is 0 Å². The summed E-state index contributed by atoms with van der Waals surface area (Å²) in [5, 5.41) is 35.9. The van der Waals surface area contributed by atoms with Gasteiger partial charge >= 0.3 is 23.0 Å². The van der Waals surface area contributed by atoms with Crippen molar-refractivity contribution in [3.63, 3.8) is 0 Å². The van der Waals surface area contributed by atoms with E-state index in [-0.39, 0.29) is 11.1 Å². The van der Waals surface area contributed by atoms with Crippen molar-refractivity contribution in [2.24, 2.45) is 0 Å². The van der Waals surface area contributed by atoms with Gasteiger partial charge < -0.3 is 4.74 Å². The van der Waals surface area contributed by atoms with Gasteiger partial charge in [-0.05, 0) is 27.8 Å². The Labute approximate surface area is 184 Å². The van der Waals surface area contributed by atoms with Gasteiger partial charge in [-0.2, -0.15) is 0 Å². The fraction of sp³-hybridized carbons (Fsp3) is 0.136. The molecule has 3 aliphatic rings. The number of methoxy groups -OCH3 is 1. The molecule has 0 amide bonds. The predicted octanol–water partition coefficient (Wildman–Crippen LogP) is 3.73. The molecule has 0 saturated heterocycles. The number of rotatable bonds is 4. The second-order valence-corrected chi connectivity index (χ2v) is 7.68. The third-order valence-corrected chi connectivity index (χ3v) is 6.38. The Balaban J connectivity index is 2.10. The van der Waals surface area contributed by atoms with Gasteiger partial charge in [-0.25, -0.2) is 0 Å². The van der Waals surface area contributed by atoms with Crippen molar-refractivity contribution in [2.45, 2.75) is 11.3 Å². The van der Waals surface area contributed by atoms with Crippen LogP contribution in [0.4, 0.5) is 17.1 Å². The number of benzene rings is 3. The minimum absolute atomic E-state index is 0.0989. The fourth-order valence-corrected chi connectivity index (χ4v) is 5.36. The molecule has 0 atom stereocenters. The van der Waals surface area contributed by atoms with Crippen molar-refractivity contribution in [3.8, 4) is 0 Å². The second-order valence-electron chi connectivity index (χ2n) is 7.68. The Bertz CT molecular complexity index is 1380. The first-order valence-corrected chi connectivity index (χ1v) is 9.68. The topological polar surface area (TPSA) is 156 Å². The summed E-state index contributed by atoms with van der Waals surface area (Å²) in [4.78, 5) is 46.2. The third kappa shape index (κ3) is 2.30. The molecule has 33 heavy (non-hydrogen) atoms. The maximum atomic E-state index is 13.6. The summed E-state index contributed by atoms with van der Waals surface area (Å²) in [7, 11) is 1.12. The molecule has 3 aromatic rings. The average molecular weight is 447 g/mol. The smallest absolute Gasteiger partial charge is 0.422 e. The van der Waals surface area contributed by atoms with E-state index < -0.39 is 49.1 Å². The van der Waals surface area contributed by atoms with E-state index >= 15 is 0 Å². The SMILES string of the molecule is COC(=O)C12c3ccccc3C(c3ccccc31)c1cc([N+](=O)[O-])c([N+](=O)[O-])c([N+](=O)[O-])c12. The van der Waals surface area contributed by atoms with Gasteiger partial charge in [0.2, 0.25) is 0 Å². The highest BCUT2D eigenvalue weighted by molar-refractivity contribution is 6.00. The summed E-state index contributed by atoms with van der Waals surface area (Å²) in [5.41, 5.74) is -3.42. The van der Waals surface area contributed by atoms with Crippen LogP contribution >= 0.6 is 0 Å². The van der Waals surface area contributed by atoms with Gasteiger partial charge in [0.05, 0.1) is 27.4 Å². The highest BCUT2D eigenvalue weighted by Gasteiger charge is 2.62. The van der Waals surface area contributed by atoms with Crippen LogP contribution in [0.25, 0.3) is 0 Å². The maximum Gasteiger partial charge on any atom is 0.422 e. The molecule has 0 aromatic heterocycles. The van der Waals surface area contributed by atoms with E-state index in [2.05, 4.69) is 0 Å². The van der Waals surface area contributed by atoms with Crippen molar-refractivity contribution >= 4 is 23.0 Å². The van der Waals surface area contributed by atoms with Crippen LogP contribution in [0.5, 0.6) is 0 Å². The zero-order chi connectivity index (χ0) is 23.7. The molecule has 0 saturated carbocycles. The van der Waals surface area contributed by atoms with Crippen LogP contribution < -0.4 is 0 Å². The maximum absolute atomic E-state index is 13.6. The van der Waals surface area contributed by atoms with Gasteiger partial charge in [-0.1, -0.05) is 48.5 Å². The molecule has 164 valence electrons. The molecule has 3 aliphatic carbocycles. The van der Waals surface area contributed by atoms with Crippen molar-refractivity contribution in [2.75, 3.05) is 7.11 Å². The van der Waals surface area contributed by atoms with Crippen molar-refractivity contribution in [1.82, 2.24) is 0 Å². The summed E-state index contributed by atoms with van der Waals surface area (Å²) in [6.45, 7) is 0. The molecule has 2 bridgehead atoms. The van der Waals surface area contributed by atoms with Crippen molar-refractivity contribution in [3.05, 3.63) is 118 Å². The molecule has 0 spiro atoms. The number of carbonyl (C=O) groups is 1. The summed E-state index contributed by atoms with van der Waals surface area (Å²) in [6.07, 6.45) is 0. The average Bonchev–Trinajstić information content (AvgIpc) is 2.81. The highest BCUT2D eigenvalue weighted by Crippen LogP contribution is 2.63. The Morgan fingerprint density at radius 3 is 1.79 bits per heavy atom. The van der Waals surface area contributed by atoms with Crippen LogP contribution in [0.1, 0.15) is 39.3 Å². The molecule has 11 nitrogen and oxygen atoms in total. The molecule has 0 fully saturated rings. The van der Waals surface area contributed by atoms with Gasteiger partial charge in [0.25, 0.3) is 0 Å². The molecule has 0 radical (unpaired) electrons. The Kier molecular flexibility index (Phi) is 4.09. The molecular formula is C22H13N3O8. The normalized spacial score (nSPS) is 19.1. The van der Waals surface area contributed by atoms with Gasteiger partial charge in [0, 0.05) is 12.0 Å². The van der Waals surface area contributed by atoms with Crippen LogP contribution in [0.2, 0.25) is 0 Å². The summed E-state index contributed by atoms with van der Waals surface area (Å²) < 4.78 is 5.13. The fourth-order valence-electron chi connectivity index (χ4n) is 5.36. The summed E-state index contributed by atoms with van der Waals surface area (Å²) in [6, 6.07) is 14.4. The monoisotopic (exact) mass is 447 g/mol. The number of nitro groups is 3. The molecule has 0 N–H and O–H groups in total. The van der Waals surface area contributed by atoms with E-state index in [0.29, 0.717) is 22.3 Å². The predicted molar refractivity (Wildman–Crippen MR) is 112 cm³/mol. The summed E-state index contributed by atoms with van der Waals surface area (Å²) >= 11 is 0. The van der Waals surface area contributed by atoms with Crippen LogP contribution in [0.3, 0.4) is 0 Å². The van der Waals surface area contributed by atoms with E-state index in [1.54, 1.807) is 48.5 Å². The zero-order valence-corrected chi connectivity index (χ0v) is 16.9. The number of carbonyl (C=O) groups excluding carboxylic acids is 1. The summed E-state index contributed by atoms with van der Waals surface area (Å²) in [5.74, 6) is -1.58. The van der Waals surface area contributed by atoms with E-state index in [1.165, 1.54) is 0 Å². The molecule has 0 aliphatic heterocycles. The highest BCUT2D eigenvalue weighted by atomic mass is 16.6. The second kappa shape index (κ2) is 6.66. The zero-order valence-electron chi connectivity index (χ0n) is 16.9. The first-order valence-electron chi connectivity index (χ1n) is 9.68. The number of esters is 1. The number of hydrogen-bond donors (Lipinski definition) is 0. The van der Waals surface area contributed by atoms with Gasteiger partial charge in [0.15, 0.2) is 5.41 Å². The number of ether oxygens (including phenoxy) is 1. The first-order chi connectivity index (χ1) is 15.8. The Morgan fingerprint density at radius 2 is 1.33 bits per heavy atom. The lowest BCUT2D eigenvalue weighted by Crippen LogP contribution is -2.49. The third-order valence-electron chi connectivity index (χ3n) is 6.38. The number of nitrogens with zero attached hydrogens (tertiary/aromatic N) is 3. The van der Waals surface area contributed by atoms with Crippen LogP contribution in [0, 0.1) is 30.3 Å². The standard InChI is InChI=1S/C22H13N3O8/c1-33-21(26)22-14-8-4-2-6-11(14)17(12-7-3-5-9-15(12)22)13-10-16(23(27)28)19(24(29)30)20(18(13)22)25(31)32/h2-10,17H,1H3. The number of hydrogen-bond acceptors (Lipinski definition) is 8. The lowest BCUT2D eigenvalue weighted by Gasteiger charge is -2.47. The first kappa shape index (κ1) is 20.2. The molecule has 11 heteroatoms. The minimum atomic E-state index is -1.91. The molecular weight excluding hydrogens is 434 g/mol. The van der Waals surface area contributed by atoms with Crippen LogP contribution in [-0.2, 0) is 14.9 Å². The van der Waals surface area contributed by atoms with E-state index in [0.717, 1.165) is 13.2 Å². The lowest BCUT2D eigenvalue weighted by molar-refractivity contribution is -0.441. The lowest BCUT2D eigenvalue weighted by atomic mass is 9.52. The van der Waals surface area contributed by atoms with Gasteiger partial charge in [-0.15, -0.1) is 0 Å². The Hall–Kier alpha value is -4.67. The van der Waals surface area contributed by atoms with E-state index in [9.17, 15) is 35.1 Å². The molecule has 0 heterocycles. The van der Waals surface area contributed by atoms with Gasteiger partial charge in [-0.3, -0.25) is 35.1 Å². The van der Waals surface area contributed by atoms with Crippen molar-refractivity contribution < 1.29 is 24.3 Å². The largest absolute Gasteiger partial charge is 0.468 e. The van der Waals surface area contributed by atoms with E-state index in [1.807, 2.05) is 0 Å². The quantitative estimate of drug-likeness (QED) is 0.333.